The Hall–Kier alpha value is -0.170. The van der Waals surface area contributed by atoms with Gasteiger partial charge in [-0.2, -0.15) is 0 Å². The lowest BCUT2D eigenvalue weighted by Gasteiger charge is -2.58. The average Bonchev–Trinajstić information content (AvgIpc) is 3.30. The quantitative estimate of drug-likeness (QED) is 0.115. The molecule has 4 aliphatic carbocycles. The Morgan fingerprint density at radius 3 is 2.23 bits per heavy atom. The number of primary amides is 1. The predicted molar refractivity (Wildman–Crippen MR) is 194 cm³/mol. The van der Waals surface area contributed by atoms with E-state index < -0.39 is 0 Å². The van der Waals surface area contributed by atoms with E-state index in [2.05, 4.69) is 54.5 Å². The number of hydrogen-bond donors (Lipinski definition) is 3. The first-order valence-corrected chi connectivity index (χ1v) is 20.7. The SMILES string of the molecule is CC(C)CCC[C@@H](C)[C@H]1CC[C@H]2[C@@H]3CC=C4C[C@@H](SSC(CCC(C)N)(CCC(C)N)CC(N)=O)CC[C@]4(C)[C@H]3CC[C@]12C. The molecule has 0 aromatic heterocycles. The summed E-state index contributed by atoms with van der Waals surface area (Å²) >= 11 is 0. The van der Waals surface area contributed by atoms with E-state index >= 15 is 0 Å². The van der Waals surface area contributed by atoms with Gasteiger partial charge in [0.2, 0.25) is 5.91 Å². The highest BCUT2D eigenvalue weighted by Crippen LogP contribution is 2.68. The smallest absolute Gasteiger partial charge is 0.218 e. The molecular weight excluding hydrogens is 579 g/mol. The van der Waals surface area contributed by atoms with Crippen molar-refractivity contribution >= 4 is 27.5 Å². The van der Waals surface area contributed by atoms with Gasteiger partial charge in [0.1, 0.15) is 0 Å². The molecule has 6 heteroatoms. The van der Waals surface area contributed by atoms with Crippen LogP contribution in [0.25, 0.3) is 0 Å². The highest BCUT2D eigenvalue weighted by molar-refractivity contribution is 8.77. The summed E-state index contributed by atoms with van der Waals surface area (Å²) in [5, 5.41) is 0.602. The molecule has 0 aromatic rings. The summed E-state index contributed by atoms with van der Waals surface area (Å²) in [5.41, 5.74) is 20.9. The van der Waals surface area contributed by atoms with Crippen molar-refractivity contribution in [3.63, 3.8) is 0 Å². The van der Waals surface area contributed by atoms with Gasteiger partial charge < -0.3 is 17.2 Å². The number of amides is 1. The minimum atomic E-state index is -0.201. The second kappa shape index (κ2) is 15.4. The monoisotopic (exact) mass is 647 g/mol. The van der Waals surface area contributed by atoms with Crippen molar-refractivity contribution in [3.05, 3.63) is 11.6 Å². The zero-order valence-electron chi connectivity index (χ0n) is 29.5. The van der Waals surface area contributed by atoms with Gasteiger partial charge in [-0.05, 0) is 137 Å². The maximum absolute atomic E-state index is 12.3. The van der Waals surface area contributed by atoms with E-state index in [0.717, 1.165) is 61.2 Å². The van der Waals surface area contributed by atoms with Crippen LogP contribution in [0, 0.1) is 46.3 Å². The van der Waals surface area contributed by atoms with Crippen LogP contribution in [0.4, 0.5) is 0 Å². The van der Waals surface area contributed by atoms with E-state index in [9.17, 15) is 4.79 Å². The van der Waals surface area contributed by atoms with Crippen LogP contribution < -0.4 is 17.2 Å². The second-order valence-corrected chi connectivity index (χ2v) is 20.2. The predicted octanol–water partition coefficient (Wildman–Crippen LogP) is 9.65. The van der Waals surface area contributed by atoms with Crippen LogP contribution in [0.15, 0.2) is 11.6 Å². The summed E-state index contributed by atoms with van der Waals surface area (Å²) in [7, 11) is 3.99. The topological polar surface area (TPSA) is 95.1 Å². The van der Waals surface area contributed by atoms with E-state index in [1.54, 1.807) is 5.57 Å². The van der Waals surface area contributed by atoms with Gasteiger partial charge in [0.05, 0.1) is 0 Å². The summed E-state index contributed by atoms with van der Waals surface area (Å²) in [5.74, 6) is 5.09. The zero-order valence-corrected chi connectivity index (χ0v) is 31.2. The van der Waals surface area contributed by atoms with Crippen molar-refractivity contribution in [3.8, 4) is 0 Å². The van der Waals surface area contributed by atoms with Crippen molar-refractivity contribution in [1.82, 2.24) is 0 Å². The molecule has 254 valence electrons. The molecule has 44 heavy (non-hydrogen) atoms. The summed E-state index contributed by atoms with van der Waals surface area (Å²) in [6.45, 7) is 16.8. The fourth-order valence-electron chi connectivity index (χ4n) is 10.6. The van der Waals surface area contributed by atoms with E-state index in [0.29, 0.717) is 22.5 Å². The zero-order chi connectivity index (χ0) is 32.3. The molecule has 0 saturated heterocycles. The summed E-state index contributed by atoms with van der Waals surface area (Å²) in [6.07, 6.45) is 22.0. The first kappa shape index (κ1) is 36.7. The summed E-state index contributed by atoms with van der Waals surface area (Å²) in [6, 6.07) is 0.249. The Balaban J connectivity index is 1.42. The van der Waals surface area contributed by atoms with Crippen molar-refractivity contribution < 1.29 is 4.79 Å². The number of rotatable bonds is 16. The molecular formula is C38H69N3OS2. The highest BCUT2D eigenvalue weighted by Gasteiger charge is 2.59. The Kier molecular flexibility index (Phi) is 12.8. The largest absolute Gasteiger partial charge is 0.370 e. The van der Waals surface area contributed by atoms with Crippen molar-refractivity contribution in [2.45, 2.75) is 173 Å². The molecule has 3 saturated carbocycles. The van der Waals surface area contributed by atoms with Crippen LogP contribution in [0.2, 0.25) is 0 Å². The number of nitrogens with two attached hydrogens (primary N) is 3. The normalized spacial score (nSPS) is 36.9. The number of allylic oxidation sites excluding steroid dienone is 2. The first-order chi connectivity index (χ1) is 20.7. The molecule has 0 aromatic carbocycles. The molecule has 0 radical (unpaired) electrons. The number of hydrogen-bond acceptors (Lipinski definition) is 5. The van der Waals surface area contributed by atoms with Crippen molar-refractivity contribution in [2.24, 2.45) is 63.5 Å². The molecule has 3 fully saturated rings. The number of carbonyl (C=O) groups excluding carboxylic acids is 1. The van der Waals surface area contributed by atoms with Gasteiger partial charge in [-0.15, -0.1) is 0 Å². The lowest BCUT2D eigenvalue weighted by Crippen LogP contribution is -2.50. The third-order valence-corrected chi connectivity index (χ3v) is 17.1. The Labute approximate surface area is 279 Å². The molecule has 4 aliphatic rings. The van der Waals surface area contributed by atoms with Crippen LogP contribution in [-0.4, -0.2) is 28.0 Å². The van der Waals surface area contributed by atoms with Gasteiger partial charge in [0.15, 0.2) is 0 Å². The molecule has 4 nitrogen and oxygen atoms in total. The maximum atomic E-state index is 12.3. The summed E-state index contributed by atoms with van der Waals surface area (Å²) in [4.78, 5) is 12.3. The lowest BCUT2D eigenvalue weighted by molar-refractivity contribution is -0.118. The molecule has 0 aliphatic heterocycles. The maximum Gasteiger partial charge on any atom is 0.218 e. The van der Waals surface area contributed by atoms with Gasteiger partial charge in [0, 0.05) is 28.5 Å². The lowest BCUT2D eigenvalue weighted by atomic mass is 9.47. The van der Waals surface area contributed by atoms with E-state index in [4.69, 9.17) is 17.2 Å². The van der Waals surface area contributed by atoms with Gasteiger partial charge in [-0.1, -0.05) is 87.1 Å². The molecule has 0 spiro atoms. The van der Waals surface area contributed by atoms with Crippen LogP contribution in [-0.2, 0) is 4.79 Å². The molecule has 0 heterocycles. The second-order valence-electron chi connectivity index (χ2n) is 17.2. The van der Waals surface area contributed by atoms with Crippen molar-refractivity contribution in [2.75, 3.05) is 0 Å². The van der Waals surface area contributed by atoms with E-state index in [1.165, 1.54) is 70.6 Å². The fourth-order valence-corrected chi connectivity index (χ4v) is 14.2. The Morgan fingerprint density at radius 1 is 0.932 bits per heavy atom. The van der Waals surface area contributed by atoms with E-state index in [-0.39, 0.29) is 22.7 Å². The van der Waals surface area contributed by atoms with Crippen LogP contribution in [0.5, 0.6) is 0 Å². The van der Waals surface area contributed by atoms with Crippen LogP contribution in [0.1, 0.15) is 151 Å². The minimum absolute atomic E-state index is 0.125. The minimum Gasteiger partial charge on any atom is -0.370 e. The number of carbonyl (C=O) groups is 1. The van der Waals surface area contributed by atoms with Gasteiger partial charge in [-0.3, -0.25) is 4.79 Å². The Morgan fingerprint density at radius 2 is 1.61 bits per heavy atom. The highest BCUT2D eigenvalue weighted by atomic mass is 33.1. The summed E-state index contributed by atoms with van der Waals surface area (Å²) < 4.78 is -0.177. The van der Waals surface area contributed by atoms with Crippen molar-refractivity contribution in [1.29, 1.82) is 0 Å². The van der Waals surface area contributed by atoms with Gasteiger partial charge >= 0.3 is 0 Å². The van der Waals surface area contributed by atoms with Crippen LogP contribution >= 0.6 is 21.6 Å². The molecule has 2 unspecified atom stereocenters. The van der Waals surface area contributed by atoms with E-state index in [1.807, 2.05) is 21.6 Å². The third kappa shape index (κ3) is 8.45. The molecule has 1 amide bonds. The standard InChI is InChI=1S/C38H69N3OS2/c1-25(2)9-8-10-26(3)32-13-14-33-31-12-11-29-23-30(17-19-36(29,6)34(31)18-20-37(32,33)7)43-44-38(24-35(41)42,21-15-27(4)39)22-16-28(5)40/h11,25-28,30-34H,8-10,12-24,39-40H2,1-7H3,(H2,41,42)/t26-,27?,28?,30+,31+,32-,33+,34+,36+,37-,38?/m1/s1. The van der Waals surface area contributed by atoms with Crippen LogP contribution in [0.3, 0.4) is 0 Å². The molecule has 10 atom stereocenters. The first-order valence-electron chi connectivity index (χ1n) is 18.5. The number of fused-ring (bicyclic) bond motifs is 5. The van der Waals surface area contributed by atoms with Gasteiger partial charge in [-0.25, -0.2) is 0 Å². The third-order valence-electron chi connectivity index (χ3n) is 13.2. The molecule has 6 N–H and O–H groups in total. The average molecular weight is 648 g/mol. The Bertz CT molecular complexity index is 969. The molecule has 0 bridgehead atoms. The molecule has 4 rings (SSSR count). The fraction of sp³-hybridized carbons (Fsp3) is 0.921. The van der Waals surface area contributed by atoms with Gasteiger partial charge in [0.25, 0.3) is 0 Å².